The lowest BCUT2D eigenvalue weighted by Gasteiger charge is -2.30. The fourth-order valence-corrected chi connectivity index (χ4v) is 3.77. The second-order valence-electron chi connectivity index (χ2n) is 7.51. The van der Waals surface area contributed by atoms with Gasteiger partial charge in [0.2, 0.25) is 0 Å². The van der Waals surface area contributed by atoms with Gasteiger partial charge in [0.1, 0.15) is 12.4 Å². The van der Waals surface area contributed by atoms with Crippen molar-refractivity contribution in [3.63, 3.8) is 0 Å². The van der Waals surface area contributed by atoms with Crippen LogP contribution in [0.1, 0.15) is 21.5 Å². The number of halogens is 1. The third-order valence-corrected chi connectivity index (χ3v) is 5.72. The minimum Gasteiger partial charge on any atom is -0.489 e. The van der Waals surface area contributed by atoms with Crippen LogP contribution in [-0.2, 0) is 17.9 Å². The maximum Gasteiger partial charge on any atom is 0.337 e. The van der Waals surface area contributed by atoms with Crippen molar-refractivity contribution in [1.82, 2.24) is 0 Å². The quantitative estimate of drug-likeness (QED) is 0.497. The van der Waals surface area contributed by atoms with Crippen molar-refractivity contribution in [1.29, 1.82) is 0 Å². The van der Waals surface area contributed by atoms with Gasteiger partial charge in [-0.1, -0.05) is 41.9 Å². The molecule has 0 atom stereocenters. The predicted octanol–water partition coefficient (Wildman–Crippen LogP) is 5.07. The molecule has 3 aromatic carbocycles. The maximum atomic E-state index is 11.8. The van der Waals surface area contributed by atoms with Gasteiger partial charge in [-0.25, -0.2) is 4.79 Å². The number of hydrogen-bond donors (Lipinski definition) is 2. The Hall–Kier alpha value is -3.22. The second-order valence-corrected chi connectivity index (χ2v) is 7.92. The first-order valence-corrected chi connectivity index (χ1v) is 10.9. The fourth-order valence-electron chi connectivity index (χ4n) is 3.58. The number of nitrogens with zero attached hydrogens (tertiary/aromatic N) is 1. The van der Waals surface area contributed by atoms with Crippen molar-refractivity contribution in [2.24, 2.45) is 0 Å². The van der Waals surface area contributed by atoms with Crippen LogP contribution < -0.4 is 15.0 Å². The average molecular weight is 453 g/mol. The van der Waals surface area contributed by atoms with Crippen molar-refractivity contribution in [2.45, 2.75) is 13.2 Å². The summed E-state index contributed by atoms with van der Waals surface area (Å²) in [5.74, 6) is -0.174. The van der Waals surface area contributed by atoms with Gasteiger partial charge in [-0.05, 0) is 42.0 Å². The Kier molecular flexibility index (Phi) is 7.14. The van der Waals surface area contributed by atoms with Gasteiger partial charge < -0.3 is 24.8 Å². The molecule has 1 fully saturated rings. The molecule has 166 valence electrons. The van der Waals surface area contributed by atoms with Gasteiger partial charge >= 0.3 is 5.97 Å². The number of hydrogen-bond acceptors (Lipinski definition) is 5. The van der Waals surface area contributed by atoms with Gasteiger partial charge in [-0.3, -0.25) is 0 Å². The van der Waals surface area contributed by atoms with E-state index in [1.807, 2.05) is 60.7 Å². The Balaban J connectivity index is 1.36. The smallest absolute Gasteiger partial charge is 0.337 e. The Bertz CT molecular complexity index is 1070. The van der Waals surface area contributed by atoms with E-state index in [4.69, 9.17) is 21.1 Å². The molecule has 32 heavy (non-hydrogen) atoms. The van der Waals surface area contributed by atoms with Crippen molar-refractivity contribution < 1.29 is 19.4 Å². The fraction of sp³-hybridized carbons (Fsp3) is 0.240. The van der Waals surface area contributed by atoms with E-state index >= 15 is 0 Å². The van der Waals surface area contributed by atoms with E-state index in [1.165, 1.54) is 0 Å². The van der Waals surface area contributed by atoms with Crippen molar-refractivity contribution >= 4 is 28.9 Å². The third-order valence-electron chi connectivity index (χ3n) is 5.35. The van der Waals surface area contributed by atoms with Crippen LogP contribution in [-0.4, -0.2) is 37.4 Å². The number of nitrogens with one attached hydrogen (secondary N) is 1. The minimum atomic E-state index is -0.935. The van der Waals surface area contributed by atoms with Crippen LogP contribution in [0.25, 0.3) is 0 Å². The number of ether oxygens (including phenoxy) is 2. The van der Waals surface area contributed by atoms with E-state index in [0.29, 0.717) is 50.0 Å². The number of carbonyl (C=O) groups is 1. The molecule has 0 amide bonds. The summed E-state index contributed by atoms with van der Waals surface area (Å²) in [6, 6.07) is 20.9. The molecule has 1 saturated heterocycles. The van der Waals surface area contributed by atoms with E-state index < -0.39 is 5.97 Å². The molecule has 0 spiro atoms. The topological polar surface area (TPSA) is 71.0 Å². The molecule has 1 aliphatic rings. The molecule has 0 saturated carbocycles. The molecule has 0 aromatic heterocycles. The van der Waals surface area contributed by atoms with Gasteiger partial charge in [-0.2, -0.15) is 0 Å². The summed E-state index contributed by atoms with van der Waals surface area (Å²) in [4.78, 5) is 13.9. The standard InChI is InChI=1S/C25H25ClN2O4/c26-23-4-2-1-3-19(23)17-32-21-8-5-18(6-9-21)16-27-20-7-10-24(22(15-20)25(29)30)28-11-13-31-14-12-28/h1-10,15,27H,11-14,16-17H2,(H,29,30). The summed E-state index contributed by atoms with van der Waals surface area (Å²) in [5, 5.41) is 13.7. The molecule has 4 rings (SSSR count). The zero-order chi connectivity index (χ0) is 22.3. The van der Waals surface area contributed by atoms with Crippen LogP contribution in [0.4, 0.5) is 11.4 Å². The highest BCUT2D eigenvalue weighted by Gasteiger charge is 2.19. The van der Waals surface area contributed by atoms with Gasteiger partial charge in [0.05, 0.1) is 24.5 Å². The summed E-state index contributed by atoms with van der Waals surface area (Å²) in [5.41, 5.74) is 3.78. The Morgan fingerprint density at radius 1 is 1.06 bits per heavy atom. The van der Waals surface area contributed by atoms with Crippen LogP contribution in [0.3, 0.4) is 0 Å². The lowest BCUT2D eigenvalue weighted by Crippen LogP contribution is -2.37. The zero-order valence-electron chi connectivity index (χ0n) is 17.6. The van der Waals surface area contributed by atoms with Crippen molar-refractivity contribution in [2.75, 3.05) is 36.5 Å². The van der Waals surface area contributed by atoms with Crippen LogP contribution in [0.2, 0.25) is 5.02 Å². The van der Waals surface area contributed by atoms with E-state index in [0.717, 1.165) is 28.3 Å². The summed E-state index contributed by atoms with van der Waals surface area (Å²) in [7, 11) is 0. The van der Waals surface area contributed by atoms with E-state index in [2.05, 4.69) is 10.2 Å². The molecule has 0 radical (unpaired) electrons. The number of carboxylic acid groups (broad SMARTS) is 1. The highest BCUT2D eigenvalue weighted by atomic mass is 35.5. The van der Waals surface area contributed by atoms with Crippen molar-refractivity contribution in [3.8, 4) is 5.75 Å². The number of morpholine rings is 1. The Morgan fingerprint density at radius 3 is 2.53 bits per heavy atom. The summed E-state index contributed by atoms with van der Waals surface area (Å²) >= 11 is 6.17. The maximum absolute atomic E-state index is 11.8. The molecule has 0 aliphatic carbocycles. The highest BCUT2D eigenvalue weighted by molar-refractivity contribution is 6.31. The molecule has 0 bridgehead atoms. The van der Waals surface area contributed by atoms with E-state index in [9.17, 15) is 9.90 Å². The SMILES string of the molecule is O=C(O)c1cc(NCc2ccc(OCc3ccccc3Cl)cc2)ccc1N1CCOCC1. The first-order valence-electron chi connectivity index (χ1n) is 10.5. The normalized spacial score (nSPS) is 13.6. The highest BCUT2D eigenvalue weighted by Crippen LogP contribution is 2.26. The minimum absolute atomic E-state index is 0.292. The zero-order valence-corrected chi connectivity index (χ0v) is 18.3. The van der Waals surface area contributed by atoms with Gasteiger partial charge in [0.25, 0.3) is 0 Å². The molecule has 7 heteroatoms. The van der Waals surface area contributed by atoms with Crippen molar-refractivity contribution in [3.05, 3.63) is 88.4 Å². The number of carboxylic acids is 1. The average Bonchev–Trinajstić information content (AvgIpc) is 2.83. The summed E-state index contributed by atoms with van der Waals surface area (Å²) in [6.45, 7) is 3.58. The lowest BCUT2D eigenvalue weighted by atomic mass is 10.1. The predicted molar refractivity (Wildman–Crippen MR) is 126 cm³/mol. The van der Waals surface area contributed by atoms with Gasteiger partial charge in [-0.15, -0.1) is 0 Å². The molecular formula is C25H25ClN2O4. The largest absolute Gasteiger partial charge is 0.489 e. The Morgan fingerprint density at radius 2 is 1.81 bits per heavy atom. The van der Waals surface area contributed by atoms with Crippen LogP contribution in [0.15, 0.2) is 66.7 Å². The van der Waals surface area contributed by atoms with Crippen LogP contribution in [0.5, 0.6) is 5.75 Å². The molecule has 0 unspecified atom stereocenters. The summed E-state index contributed by atoms with van der Waals surface area (Å²) in [6.07, 6.45) is 0. The number of anilines is 2. The van der Waals surface area contributed by atoms with Crippen LogP contribution >= 0.6 is 11.6 Å². The molecule has 2 N–H and O–H groups in total. The van der Waals surface area contributed by atoms with Crippen LogP contribution in [0, 0.1) is 0 Å². The molecule has 1 aliphatic heterocycles. The molecule has 3 aromatic rings. The second kappa shape index (κ2) is 10.4. The first-order chi connectivity index (χ1) is 15.6. The van der Waals surface area contributed by atoms with Gasteiger partial charge in [0.15, 0.2) is 0 Å². The van der Waals surface area contributed by atoms with Gasteiger partial charge in [0, 0.05) is 35.9 Å². The first kappa shape index (κ1) is 22.0. The Labute approximate surface area is 192 Å². The number of benzene rings is 3. The van der Waals surface area contributed by atoms with E-state index in [-0.39, 0.29) is 0 Å². The molecular weight excluding hydrogens is 428 g/mol. The number of rotatable bonds is 8. The van der Waals surface area contributed by atoms with E-state index in [1.54, 1.807) is 6.07 Å². The number of aromatic carboxylic acids is 1. The monoisotopic (exact) mass is 452 g/mol. The molecule has 6 nitrogen and oxygen atoms in total. The third kappa shape index (κ3) is 5.52. The molecule has 1 heterocycles. The summed E-state index contributed by atoms with van der Waals surface area (Å²) < 4.78 is 11.2. The lowest BCUT2D eigenvalue weighted by molar-refractivity contribution is 0.0696.